The van der Waals surface area contributed by atoms with Gasteiger partial charge in [0.05, 0.1) is 22.2 Å². The third-order valence-electron chi connectivity index (χ3n) is 11.4. The summed E-state index contributed by atoms with van der Waals surface area (Å²) < 4.78 is 77.8. The number of rotatable bonds is 9. The number of carbonyl (C=O) groups excluding carboxylic acids is 2. The van der Waals surface area contributed by atoms with Gasteiger partial charge in [0.25, 0.3) is 5.91 Å². The molecule has 10 aromatic rings. The van der Waals surface area contributed by atoms with Gasteiger partial charge >= 0.3 is 12.4 Å². The molecule has 0 saturated heterocycles. The Morgan fingerprint density at radius 2 is 1.15 bits per heavy atom. The zero-order valence-corrected chi connectivity index (χ0v) is 41.3. The summed E-state index contributed by atoms with van der Waals surface area (Å²) in [6, 6.07) is 42.3. The summed E-state index contributed by atoms with van der Waals surface area (Å²) in [6.07, 6.45) is -2.24. The summed E-state index contributed by atoms with van der Waals surface area (Å²) >= 11 is 3.31. The van der Waals surface area contributed by atoms with E-state index in [2.05, 4.69) is 51.5 Å². The lowest BCUT2D eigenvalue weighted by molar-refractivity contribution is -0.138. The Labute approximate surface area is 434 Å². The number of nitrogens with zero attached hydrogens (tertiary/aromatic N) is 6. The molecule has 6 aromatic carbocycles. The van der Waals surface area contributed by atoms with Crippen molar-refractivity contribution < 1.29 is 35.9 Å². The summed E-state index contributed by atoms with van der Waals surface area (Å²) in [6.45, 7) is 3.77. The number of benzene rings is 6. The second-order valence-corrected chi connectivity index (χ2v) is 17.6. The molecule has 4 aromatic heterocycles. The second-order valence-electron chi connectivity index (χ2n) is 16.8. The molecule has 376 valence electrons. The molecular weight excluding hydrogens is 1040 g/mol. The Bertz CT molecular complexity index is 3680. The molecule has 0 fully saturated rings. The van der Waals surface area contributed by atoms with Crippen LogP contribution in [0.5, 0.6) is 0 Å². The van der Waals surface area contributed by atoms with Crippen LogP contribution in [0.25, 0.3) is 44.6 Å². The van der Waals surface area contributed by atoms with Gasteiger partial charge in [-0.2, -0.15) is 26.3 Å². The molecule has 11 nitrogen and oxygen atoms in total. The minimum absolute atomic E-state index is 0.103. The number of fused-ring (bicyclic) bond motifs is 2. The fourth-order valence-electron chi connectivity index (χ4n) is 7.43. The number of aryl methyl sites for hydroxylation is 2. The van der Waals surface area contributed by atoms with Gasteiger partial charge < -0.3 is 16.4 Å². The van der Waals surface area contributed by atoms with E-state index in [9.17, 15) is 35.9 Å². The van der Waals surface area contributed by atoms with Gasteiger partial charge in [-0.3, -0.25) is 19.6 Å². The zero-order chi connectivity index (χ0) is 53.3. The largest absolute Gasteiger partial charge is 0.416 e. The molecular formula is C57H42BrF6N9O2. The van der Waals surface area contributed by atoms with E-state index in [1.54, 1.807) is 61.2 Å². The second kappa shape index (κ2) is 22.9. The molecule has 0 saturated carbocycles. The lowest BCUT2D eigenvalue weighted by atomic mass is 9.99. The van der Waals surface area contributed by atoms with Crippen molar-refractivity contribution >= 4 is 72.4 Å². The number of aromatic nitrogens is 6. The number of hydrogen-bond donors (Lipinski definition) is 3. The molecule has 0 aliphatic rings. The number of nitrogens with two attached hydrogens (primary N) is 1. The van der Waals surface area contributed by atoms with Crippen LogP contribution in [0, 0.1) is 13.8 Å². The molecule has 18 heteroatoms. The number of para-hydroxylation sites is 2. The van der Waals surface area contributed by atoms with Gasteiger partial charge in [0.1, 0.15) is 11.6 Å². The van der Waals surface area contributed by atoms with Crippen molar-refractivity contribution in [1.29, 1.82) is 0 Å². The number of hydrogen-bond acceptors (Lipinski definition) is 10. The van der Waals surface area contributed by atoms with Crippen LogP contribution in [-0.4, -0.2) is 41.6 Å². The van der Waals surface area contributed by atoms with Crippen LogP contribution in [0.2, 0.25) is 0 Å². The van der Waals surface area contributed by atoms with Gasteiger partial charge in [0.15, 0.2) is 17.4 Å². The molecule has 0 aliphatic heterocycles. The first-order valence-corrected chi connectivity index (χ1v) is 23.6. The van der Waals surface area contributed by atoms with Gasteiger partial charge in [-0.05, 0) is 122 Å². The van der Waals surface area contributed by atoms with E-state index >= 15 is 0 Å². The maximum Gasteiger partial charge on any atom is 0.416 e. The first-order chi connectivity index (χ1) is 35.9. The molecule has 4 heterocycles. The van der Waals surface area contributed by atoms with E-state index < -0.39 is 29.4 Å². The average Bonchev–Trinajstić information content (AvgIpc) is 3.40. The number of Topliss-reactive ketones (excluding diaryl/α,β-unsaturated/α-hetero) is 1. The van der Waals surface area contributed by atoms with Crippen molar-refractivity contribution in [3.05, 3.63) is 226 Å². The maximum atomic E-state index is 13.1. The van der Waals surface area contributed by atoms with E-state index in [1.807, 2.05) is 86.6 Å². The third-order valence-corrected chi connectivity index (χ3v) is 12.2. The minimum atomic E-state index is -4.46. The highest BCUT2D eigenvalue weighted by molar-refractivity contribution is 9.10. The zero-order valence-electron chi connectivity index (χ0n) is 39.8. The van der Waals surface area contributed by atoms with Crippen LogP contribution >= 0.6 is 15.9 Å². The third kappa shape index (κ3) is 13.4. The minimum Gasteiger partial charge on any atom is -0.383 e. The van der Waals surface area contributed by atoms with Crippen molar-refractivity contribution in [3.8, 4) is 22.8 Å². The summed E-state index contributed by atoms with van der Waals surface area (Å²) in [4.78, 5) is 51.4. The Balaban J connectivity index is 0.000000165. The Hall–Kier alpha value is -8.90. The highest BCUT2D eigenvalue weighted by Crippen LogP contribution is 2.33. The first kappa shape index (κ1) is 52.4. The highest BCUT2D eigenvalue weighted by Gasteiger charge is 2.31. The SMILES string of the molecule is Cc1ccc(C(=O)Cc2cccc(C(F)(F)F)c2)cc1Nc1nc(-c2cccnc2)nc2ccccc12.Cc1ccc(C(=O)Nc2cccc(C(F)(F)F)c2)cc1Br.Nc1nc(-c2cccnc2)nc2ccccc12. The monoisotopic (exact) mass is 1080 g/mol. The molecule has 75 heavy (non-hydrogen) atoms. The number of carbonyl (C=O) groups is 2. The maximum absolute atomic E-state index is 13.1. The van der Waals surface area contributed by atoms with Crippen LogP contribution in [0.4, 0.5) is 49.4 Å². The number of alkyl halides is 6. The first-order valence-electron chi connectivity index (χ1n) is 22.8. The van der Waals surface area contributed by atoms with Gasteiger partial charge in [-0.1, -0.05) is 82.7 Å². The van der Waals surface area contributed by atoms with E-state index in [4.69, 9.17) is 10.7 Å². The van der Waals surface area contributed by atoms with Crippen molar-refractivity contribution in [2.45, 2.75) is 32.6 Å². The molecule has 0 unspecified atom stereocenters. The molecule has 0 radical (unpaired) electrons. The number of ketones is 1. The van der Waals surface area contributed by atoms with Gasteiger partial charge in [-0.25, -0.2) is 19.9 Å². The highest BCUT2D eigenvalue weighted by atomic mass is 79.9. The number of nitrogen functional groups attached to an aromatic ring is 1. The average molecular weight is 1080 g/mol. The van der Waals surface area contributed by atoms with Crippen LogP contribution in [0.15, 0.2) is 187 Å². The molecule has 0 bridgehead atoms. The Kier molecular flexibility index (Phi) is 16.0. The van der Waals surface area contributed by atoms with Crippen LogP contribution < -0.4 is 16.4 Å². The van der Waals surface area contributed by atoms with Crippen molar-refractivity contribution in [3.63, 3.8) is 0 Å². The Morgan fingerprint density at radius 1 is 0.573 bits per heavy atom. The number of nitrogens with one attached hydrogen (secondary N) is 2. The predicted octanol–water partition coefficient (Wildman–Crippen LogP) is 14.5. The van der Waals surface area contributed by atoms with Gasteiger partial charge in [0.2, 0.25) is 0 Å². The molecule has 1 amide bonds. The standard InChI is InChI=1S/C29H21F3N4O.C15H11BrF3NO.C13H10N4/c1-18-11-12-20(26(37)15-19-6-4-8-22(14-19)29(30,31)32)16-25(18)35-28-23-9-2-3-10-24(23)34-27(36-28)21-7-5-13-33-17-21;1-9-5-6-10(7-13(9)16)14(21)20-12-4-2-3-11(8-12)15(17,18)19;14-12-10-5-1-2-6-11(10)16-13(17-12)9-4-3-7-15-8-9/h2-14,16-17H,15H2,1H3,(H,34,35,36);2-8H,1H3,(H,20,21);1-8H,(H2,14,16,17). The lowest BCUT2D eigenvalue weighted by Gasteiger charge is -2.14. The van der Waals surface area contributed by atoms with Crippen molar-refractivity contribution in [2.24, 2.45) is 0 Å². The van der Waals surface area contributed by atoms with E-state index in [0.717, 1.165) is 72.8 Å². The number of pyridine rings is 2. The number of anilines is 4. The fraction of sp³-hybridized carbons (Fsp3) is 0.0877. The summed E-state index contributed by atoms with van der Waals surface area (Å²) in [5.74, 6) is 1.42. The molecule has 0 atom stereocenters. The van der Waals surface area contributed by atoms with Crippen LogP contribution in [0.3, 0.4) is 0 Å². The number of amides is 1. The van der Waals surface area contributed by atoms with Crippen LogP contribution in [0.1, 0.15) is 48.5 Å². The van der Waals surface area contributed by atoms with Gasteiger partial charge in [-0.15, -0.1) is 0 Å². The molecule has 0 spiro atoms. The smallest absolute Gasteiger partial charge is 0.383 e. The predicted molar refractivity (Wildman–Crippen MR) is 282 cm³/mol. The normalized spacial score (nSPS) is 11.2. The number of halogens is 7. The van der Waals surface area contributed by atoms with E-state index in [-0.39, 0.29) is 17.9 Å². The Morgan fingerprint density at radius 3 is 1.77 bits per heavy atom. The molecule has 4 N–H and O–H groups in total. The summed E-state index contributed by atoms with van der Waals surface area (Å²) in [7, 11) is 0. The fourth-order valence-corrected chi connectivity index (χ4v) is 7.81. The van der Waals surface area contributed by atoms with Gasteiger partial charge in [0, 0.05) is 80.1 Å². The molecule has 0 aliphatic carbocycles. The van der Waals surface area contributed by atoms with Crippen LogP contribution in [-0.2, 0) is 18.8 Å². The van der Waals surface area contributed by atoms with Crippen molar-refractivity contribution in [2.75, 3.05) is 16.4 Å². The molecule has 10 rings (SSSR count). The van der Waals surface area contributed by atoms with Crippen molar-refractivity contribution in [1.82, 2.24) is 29.9 Å². The topological polar surface area (TPSA) is 162 Å². The summed E-state index contributed by atoms with van der Waals surface area (Å²) in [5, 5.41) is 7.47. The van der Waals surface area contributed by atoms with E-state index in [0.29, 0.717) is 45.7 Å². The summed E-state index contributed by atoms with van der Waals surface area (Å²) in [5.41, 5.74) is 11.2. The van der Waals surface area contributed by atoms with E-state index in [1.165, 1.54) is 24.3 Å². The quantitative estimate of drug-likeness (QED) is 0.0937. The lowest BCUT2D eigenvalue weighted by Crippen LogP contribution is -2.13.